The molecule has 0 saturated heterocycles. The molecule has 0 heterocycles. The molecule has 0 aromatic heterocycles. The van der Waals surface area contributed by atoms with E-state index in [-0.39, 0.29) is 19.3 Å². The molecule has 9 rings (SSSR count). The number of quaternary nitrogens is 1. The quantitative estimate of drug-likeness (QED) is 0.0368. The molecule has 9 saturated carbocycles. The van der Waals surface area contributed by atoms with Crippen LogP contribution in [0.1, 0.15) is 141 Å². The van der Waals surface area contributed by atoms with Gasteiger partial charge in [0.05, 0.1) is 34.4 Å². The van der Waals surface area contributed by atoms with Crippen molar-refractivity contribution in [2.45, 2.75) is 147 Å². The average molecular weight is 801 g/mol. The van der Waals surface area contributed by atoms with Crippen LogP contribution < -0.4 is 0 Å². The smallest absolute Gasteiger partial charge is 0.379 e. The molecule has 9 aliphatic carbocycles. The van der Waals surface area contributed by atoms with Crippen LogP contribution in [0.5, 0.6) is 0 Å². The molecule has 18 atom stereocenters. The summed E-state index contributed by atoms with van der Waals surface area (Å²) in [7, 11) is 1.96. The first kappa shape index (κ1) is 41.3. The number of likely N-dealkylation sites (N-methyl/N-ethyl adjacent to an activating group) is 1. The predicted octanol–water partition coefficient (Wildman–Crippen LogP) is 10.8. The minimum atomic E-state index is -4.14. The van der Waals surface area contributed by atoms with Crippen LogP contribution >= 0.6 is 7.82 Å². The summed E-state index contributed by atoms with van der Waals surface area (Å²) in [4.78, 5) is 10.3. The van der Waals surface area contributed by atoms with Gasteiger partial charge in [0.15, 0.2) is 0 Å². The monoisotopic (exact) mass is 801 g/mol. The summed E-state index contributed by atoms with van der Waals surface area (Å²) < 4.78 is 36.2. The van der Waals surface area contributed by atoms with Gasteiger partial charge in [-0.25, -0.2) is 4.57 Å². The average Bonchev–Trinajstić information content (AvgIpc) is 3.12. The van der Waals surface area contributed by atoms with Crippen LogP contribution in [0.4, 0.5) is 0 Å². The van der Waals surface area contributed by atoms with Crippen molar-refractivity contribution >= 4 is 7.82 Å². The Morgan fingerprint density at radius 3 is 1.79 bits per heavy atom. The maximum absolute atomic E-state index is 12.6. The van der Waals surface area contributed by atoms with Crippen molar-refractivity contribution in [3.8, 4) is 0 Å². The number of fused-ring (bicyclic) bond motifs is 17. The molecule has 0 aliphatic heterocycles. The Kier molecular flexibility index (Phi) is 13.1. The number of nitrogens with zero attached hydrogens (tertiary/aromatic N) is 1. The fourth-order valence-electron chi connectivity index (χ4n) is 15.8. The highest BCUT2D eigenvalue weighted by Gasteiger charge is 2.79. The molecule has 0 aromatic carbocycles. The van der Waals surface area contributed by atoms with Crippen LogP contribution in [-0.2, 0) is 23.1 Å². The molecule has 0 radical (unpaired) electrons. The van der Waals surface area contributed by atoms with Crippen LogP contribution in [0.25, 0.3) is 0 Å². The Hall–Kier alpha value is -0.0100. The van der Waals surface area contributed by atoms with Gasteiger partial charge in [0.2, 0.25) is 0 Å². The fourth-order valence-corrected chi connectivity index (χ4v) is 16.5. The number of hydrogen-bond donors (Lipinski definition) is 1. The van der Waals surface area contributed by atoms with Gasteiger partial charge in [-0.05, 0) is 152 Å². The van der Waals surface area contributed by atoms with Crippen molar-refractivity contribution in [2.75, 3.05) is 60.7 Å². The second kappa shape index (κ2) is 17.8. The summed E-state index contributed by atoms with van der Waals surface area (Å²) in [5, 5.41) is 0. The first-order chi connectivity index (χ1) is 27.2. The van der Waals surface area contributed by atoms with Crippen LogP contribution in [0.2, 0.25) is 0 Å². The zero-order chi connectivity index (χ0) is 38.4. The highest BCUT2D eigenvalue weighted by molar-refractivity contribution is 7.47. The summed E-state index contributed by atoms with van der Waals surface area (Å²) in [6.07, 6.45) is 30.4. The number of rotatable bonds is 28. The molecule has 320 valence electrons. The van der Waals surface area contributed by atoms with E-state index in [1.807, 2.05) is 21.1 Å². The first-order valence-electron chi connectivity index (χ1n) is 24.8. The normalized spacial score (nSPS) is 43.2. The van der Waals surface area contributed by atoms with Crippen molar-refractivity contribution in [1.82, 2.24) is 0 Å². The number of phosphoric ester groups is 1. The standard InChI is InChI=1S/C48H82NO6P/c1-49(2,3)24-27-54-56(50,51)55-31-34(53-26-15-11-7-4-8-12-16-32-18-19-39-40(28-32)44-36-21-20-35(36)43(39)44)30-52-25-14-10-6-5-9-13-17-33-29-41-42(33)48-46-38-23-22-37(38)45(46)47(41)48/h32-48H,4-31H2,1-3H3/p+1/t32?,33?,34-,35?,36?,37?,38?,39?,40?,41?,42?,43?,44?,45?,46?,47?,48?/m1/s1. The van der Waals surface area contributed by atoms with Gasteiger partial charge in [-0.3, -0.25) is 9.05 Å². The molecule has 17 unspecified atom stereocenters. The molecule has 56 heavy (non-hydrogen) atoms. The predicted molar refractivity (Wildman–Crippen MR) is 223 cm³/mol. The number of ether oxygens (including phenoxy) is 2. The third kappa shape index (κ3) is 8.44. The molecule has 0 aromatic rings. The van der Waals surface area contributed by atoms with E-state index in [2.05, 4.69) is 0 Å². The Labute approximate surface area is 342 Å². The molecule has 7 nitrogen and oxygen atoms in total. The lowest BCUT2D eigenvalue weighted by molar-refractivity contribution is -0.870. The van der Waals surface area contributed by atoms with Crippen molar-refractivity contribution in [2.24, 2.45) is 94.7 Å². The summed E-state index contributed by atoms with van der Waals surface area (Å²) in [6, 6.07) is 0. The van der Waals surface area contributed by atoms with E-state index in [0.29, 0.717) is 30.8 Å². The molecule has 0 amide bonds. The lowest BCUT2D eigenvalue weighted by atomic mass is 9.20. The zero-order valence-corrected chi connectivity index (χ0v) is 36.9. The van der Waals surface area contributed by atoms with Crippen LogP contribution in [0.3, 0.4) is 0 Å². The Bertz CT molecular complexity index is 1330. The van der Waals surface area contributed by atoms with E-state index >= 15 is 0 Å². The Morgan fingerprint density at radius 1 is 0.536 bits per heavy atom. The maximum Gasteiger partial charge on any atom is 0.472 e. The van der Waals surface area contributed by atoms with Gasteiger partial charge in [-0.1, -0.05) is 83.5 Å². The molecule has 1 N–H and O–H groups in total. The van der Waals surface area contributed by atoms with Crippen molar-refractivity contribution in [1.29, 1.82) is 0 Å². The van der Waals surface area contributed by atoms with E-state index in [9.17, 15) is 9.46 Å². The first-order valence-corrected chi connectivity index (χ1v) is 26.3. The number of hydrogen-bond acceptors (Lipinski definition) is 5. The number of phosphoric acid groups is 1. The summed E-state index contributed by atoms with van der Waals surface area (Å²) in [5.74, 6) is 18.6. The van der Waals surface area contributed by atoms with Crippen LogP contribution in [-0.4, -0.2) is 76.2 Å². The third-order valence-corrected chi connectivity index (χ3v) is 19.8. The van der Waals surface area contributed by atoms with Crippen molar-refractivity contribution < 1.29 is 32.5 Å². The summed E-state index contributed by atoms with van der Waals surface area (Å²) in [5.41, 5.74) is 0. The second-order valence-electron chi connectivity index (χ2n) is 22.5. The Balaban J connectivity index is 0.589. The fraction of sp³-hybridized carbons (Fsp3) is 1.00. The highest BCUT2D eigenvalue weighted by Crippen LogP contribution is 2.84. The molecule has 0 spiro atoms. The van der Waals surface area contributed by atoms with Gasteiger partial charge in [0.25, 0.3) is 0 Å². The van der Waals surface area contributed by atoms with E-state index in [4.69, 9.17) is 18.5 Å². The van der Waals surface area contributed by atoms with Gasteiger partial charge < -0.3 is 18.9 Å². The molecule has 9 fully saturated rings. The van der Waals surface area contributed by atoms with Gasteiger partial charge in [0, 0.05) is 13.2 Å². The van der Waals surface area contributed by atoms with E-state index in [1.54, 1.807) is 44.9 Å². The molecule has 9 aliphatic rings. The van der Waals surface area contributed by atoms with E-state index in [0.717, 1.165) is 48.3 Å². The van der Waals surface area contributed by atoms with Crippen molar-refractivity contribution in [3.05, 3.63) is 0 Å². The summed E-state index contributed by atoms with van der Waals surface area (Å²) in [6.45, 7) is 2.54. The number of unbranched alkanes of at least 4 members (excludes halogenated alkanes) is 10. The molecule has 0 bridgehead atoms. The van der Waals surface area contributed by atoms with Crippen LogP contribution in [0, 0.1) is 94.7 Å². The van der Waals surface area contributed by atoms with E-state index < -0.39 is 7.82 Å². The SMILES string of the molecule is C[N+](C)(C)CCOP(=O)(O)OC[C@@H](COCCCCCCCCC1CC2C1C1C3C4CCC4C3C21)OCCCCCCCCC1CCC2C(C1)C1C3CCC3C21. The van der Waals surface area contributed by atoms with Gasteiger partial charge in [0.1, 0.15) is 19.3 Å². The van der Waals surface area contributed by atoms with Gasteiger partial charge in [-0.2, -0.15) is 0 Å². The lowest BCUT2D eigenvalue weighted by Gasteiger charge is -2.85. The largest absolute Gasteiger partial charge is 0.472 e. The van der Waals surface area contributed by atoms with Gasteiger partial charge in [-0.15, -0.1) is 0 Å². The van der Waals surface area contributed by atoms with Gasteiger partial charge >= 0.3 is 7.82 Å². The lowest BCUT2D eigenvalue weighted by Crippen LogP contribution is -2.80. The molecular weight excluding hydrogens is 718 g/mol. The van der Waals surface area contributed by atoms with Crippen LogP contribution in [0.15, 0.2) is 0 Å². The maximum atomic E-state index is 12.6. The zero-order valence-electron chi connectivity index (χ0n) is 36.0. The van der Waals surface area contributed by atoms with Crippen molar-refractivity contribution in [3.63, 3.8) is 0 Å². The molecular formula is C48H83NO6P+. The third-order valence-electron chi connectivity index (χ3n) is 18.8. The Morgan fingerprint density at radius 2 is 1.09 bits per heavy atom. The second-order valence-corrected chi connectivity index (χ2v) is 24.0. The highest BCUT2D eigenvalue weighted by atomic mass is 31.2. The minimum absolute atomic E-state index is 0.00982. The minimum Gasteiger partial charge on any atom is -0.379 e. The topological polar surface area (TPSA) is 74.2 Å². The van der Waals surface area contributed by atoms with E-state index in [1.165, 1.54) is 143 Å². The summed E-state index contributed by atoms with van der Waals surface area (Å²) >= 11 is 0. The molecule has 8 heteroatoms.